The molecule has 5 N–H and O–H groups in total. The summed E-state index contributed by atoms with van der Waals surface area (Å²) in [6.45, 7) is 2.76. The molecular formula is C14H21N7O2. The molecule has 3 rings (SSSR count). The minimum absolute atomic E-state index is 0.128. The lowest BCUT2D eigenvalue weighted by molar-refractivity contribution is -0.118. The smallest absolute Gasteiger partial charge is 0.274 e. The Labute approximate surface area is 133 Å². The Morgan fingerprint density at radius 1 is 1.26 bits per heavy atom. The Bertz CT molecular complexity index is 626. The van der Waals surface area contributed by atoms with E-state index in [1.54, 1.807) is 9.80 Å². The molecule has 9 heteroatoms. The molecule has 3 heterocycles. The fraction of sp³-hybridized carbons (Fsp3) is 0.500. The Balaban J connectivity index is 1.73. The largest absolute Gasteiger partial charge is 0.399 e. The van der Waals surface area contributed by atoms with Crippen LogP contribution in [0, 0.1) is 0 Å². The van der Waals surface area contributed by atoms with Gasteiger partial charge in [0.05, 0.1) is 13.1 Å². The molecule has 2 aliphatic rings. The third-order valence-corrected chi connectivity index (χ3v) is 4.33. The lowest BCUT2D eigenvalue weighted by Crippen LogP contribution is -2.42. The van der Waals surface area contributed by atoms with Crippen molar-refractivity contribution in [1.29, 1.82) is 0 Å². The number of carbonyl (C=O) groups excluding carboxylic acids is 2. The second-order valence-electron chi connectivity index (χ2n) is 5.76. The summed E-state index contributed by atoms with van der Waals surface area (Å²) in [6, 6.07) is 1.81. The summed E-state index contributed by atoms with van der Waals surface area (Å²) in [6.07, 6.45) is 2.16. The topological polar surface area (TPSA) is 123 Å². The first-order chi connectivity index (χ1) is 11.1. The van der Waals surface area contributed by atoms with Gasteiger partial charge in [0.15, 0.2) is 5.69 Å². The normalized spacial score (nSPS) is 18.5. The van der Waals surface area contributed by atoms with E-state index in [4.69, 9.17) is 11.6 Å². The first kappa shape index (κ1) is 15.3. The molecule has 2 aliphatic heterocycles. The van der Waals surface area contributed by atoms with Crippen molar-refractivity contribution in [1.82, 2.24) is 25.0 Å². The fourth-order valence-corrected chi connectivity index (χ4v) is 2.94. The molecule has 0 saturated carbocycles. The number of carbonyl (C=O) groups is 2. The predicted octanol–water partition coefficient (Wildman–Crippen LogP) is -1.62. The van der Waals surface area contributed by atoms with Gasteiger partial charge < -0.3 is 21.0 Å². The number of fused-ring (bicyclic) bond motifs is 1. The first-order valence-corrected chi connectivity index (χ1v) is 7.62. The molecule has 0 fully saturated rings. The second kappa shape index (κ2) is 6.29. The SMILES string of the molecule is NNC1=C(N)CN(C(=O)c2cc3n(n2)CCN(C=O)CC3)CC1. The van der Waals surface area contributed by atoms with E-state index < -0.39 is 0 Å². The maximum Gasteiger partial charge on any atom is 0.274 e. The Morgan fingerprint density at radius 3 is 2.78 bits per heavy atom. The molecule has 0 aromatic carbocycles. The Morgan fingerprint density at radius 2 is 2.09 bits per heavy atom. The van der Waals surface area contributed by atoms with Gasteiger partial charge in [0.2, 0.25) is 6.41 Å². The van der Waals surface area contributed by atoms with Crippen LogP contribution in [0.2, 0.25) is 0 Å². The molecule has 1 aromatic heterocycles. The molecule has 1 aromatic rings. The molecule has 23 heavy (non-hydrogen) atoms. The van der Waals surface area contributed by atoms with E-state index in [2.05, 4.69) is 10.5 Å². The summed E-state index contributed by atoms with van der Waals surface area (Å²) >= 11 is 0. The van der Waals surface area contributed by atoms with Crippen molar-refractivity contribution in [2.45, 2.75) is 19.4 Å². The molecule has 0 atom stereocenters. The first-order valence-electron chi connectivity index (χ1n) is 7.62. The number of aromatic nitrogens is 2. The number of nitrogens with one attached hydrogen (secondary N) is 1. The maximum atomic E-state index is 12.6. The maximum absolute atomic E-state index is 12.6. The molecule has 0 saturated heterocycles. The summed E-state index contributed by atoms with van der Waals surface area (Å²) in [4.78, 5) is 26.9. The van der Waals surface area contributed by atoms with Crippen LogP contribution in [-0.2, 0) is 17.8 Å². The van der Waals surface area contributed by atoms with E-state index in [1.165, 1.54) is 0 Å². The number of amides is 2. The predicted molar refractivity (Wildman–Crippen MR) is 82.6 cm³/mol. The Kier molecular flexibility index (Phi) is 4.20. The van der Waals surface area contributed by atoms with E-state index in [1.807, 2.05) is 10.7 Å². The van der Waals surface area contributed by atoms with Crippen molar-refractivity contribution >= 4 is 12.3 Å². The molecule has 124 valence electrons. The van der Waals surface area contributed by atoms with Crippen LogP contribution < -0.4 is 17.0 Å². The highest BCUT2D eigenvalue weighted by Crippen LogP contribution is 2.16. The number of hydrogen-bond donors (Lipinski definition) is 3. The molecule has 0 aliphatic carbocycles. The fourth-order valence-electron chi connectivity index (χ4n) is 2.94. The van der Waals surface area contributed by atoms with Crippen LogP contribution in [0.15, 0.2) is 17.5 Å². The van der Waals surface area contributed by atoms with Crippen LogP contribution in [0.3, 0.4) is 0 Å². The molecular weight excluding hydrogens is 298 g/mol. The van der Waals surface area contributed by atoms with Gasteiger partial charge in [-0.25, -0.2) is 0 Å². The van der Waals surface area contributed by atoms with Crippen molar-refractivity contribution in [3.63, 3.8) is 0 Å². The van der Waals surface area contributed by atoms with Crippen molar-refractivity contribution in [2.24, 2.45) is 11.6 Å². The highest BCUT2D eigenvalue weighted by molar-refractivity contribution is 5.92. The zero-order valence-electron chi connectivity index (χ0n) is 12.9. The van der Waals surface area contributed by atoms with E-state index in [0.717, 1.165) is 17.8 Å². The molecule has 0 bridgehead atoms. The summed E-state index contributed by atoms with van der Waals surface area (Å²) in [5.74, 6) is 5.27. The standard InChI is InChI=1S/C14H21N7O2/c15-11-8-20(4-2-12(11)17-16)14(23)13-7-10-1-3-19(9-22)5-6-21(10)18-13/h7,9,17H,1-6,8,15-16H2. The summed E-state index contributed by atoms with van der Waals surface area (Å²) in [5.41, 5.74) is 11.3. The van der Waals surface area contributed by atoms with Crippen molar-refractivity contribution in [3.05, 3.63) is 28.8 Å². The van der Waals surface area contributed by atoms with Gasteiger partial charge in [-0.1, -0.05) is 0 Å². The molecule has 2 amide bonds. The van der Waals surface area contributed by atoms with Crippen LogP contribution in [0.4, 0.5) is 0 Å². The van der Waals surface area contributed by atoms with Crippen molar-refractivity contribution < 1.29 is 9.59 Å². The molecule has 0 unspecified atom stereocenters. The van der Waals surface area contributed by atoms with Gasteiger partial charge >= 0.3 is 0 Å². The summed E-state index contributed by atoms with van der Waals surface area (Å²) in [7, 11) is 0. The lowest BCUT2D eigenvalue weighted by Gasteiger charge is -2.28. The number of nitrogens with zero attached hydrogens (tertiary/aromatic N) is 4. The highest BCUT2D eigenvalue weighted by atomic mass is 16.2. The number of nitrogens with two attached hydrogens (primary N) is 2. The summed E-state index contributed by atoms with van der Waals surface area (Å²) in [5, 5.41) is 4.40. The zero-order chi connectivity index (χ0) is 16.4. The lowest BCUT2D eigenvalue weighted by atomic mass is 10.1. The zero-order valence-corrected chi connectivity index (χ0v) is 12.9. The van der Waals surface area contributed by atoms with Gasteiger partial charge in [-0.15, -0.1) is 0 Å². The Hall–Kier alpha value is -2.55. The van der Waals surface area contributed by atoms with Crippen molar-refractivity contribution in [3.8, 4) is 0 Å². The third kappa shape index (κ3) is 3.00. The van der Waals surface area contributed by atoms with Gasteiger partial charge in [-0.2, -0.15) is 5.10 Å². The van der Waals surface area contributed by atoms with E-state index >= 15 is 0 Å². The van der Waals surface area contributed by atoms with Crippen LogP contribution in [0.1, 0.15) is 22.6 Å². The van der Waals surface area contributed by atoms with Crippen LogP contribution in [0.25, 0.3) is 0 Å². The molecule has 0 radical (unpaired) electrons. The third-order valence-electron chi connectivity index (χ3n) is 4.33. The van der Waals surface area contributed by atoms with Crippen LogP contribution in [-0.4, -0.2) is 58.1 Å². The van der Waals surface area contributed by atoms with Gasteiger partial charge in [0.1, 0.15) is 0 Å². The van der Waals surface area contributed by atoms with Crippen LogP contribution in [0.5, 0.6) is 0 Å². The second-order valence-corrected chi connectivity index (χ2v) is 5.76. The van der Waals surface area contributed by atoms with Crippen LogP contribution >= 0.6 is 0 Å². The summed E-state index contributed by atoms with van der Waals surface area (Å²) < 4.78 is 1.81. The van der Waals surface area contributed by atoms with Gasteiger partial charge in [0.25, 0.3) is 5.91 Å². The van der Waals surface area contributed by atoms with Gasteiger partial charge in [-0.3, -0.25) is 20.1 Å². The average molecular weight is 319 g/mol. The number of rotatable bonds is 3. The highest BCUT2D eigenvalue weighted by Gasteiger charge is 2.25. The van der Waals surface area contributed by atoms with E-state index in [9.17, 15) is 9.59 Å². The molecule has 0 spiro atoms. The number of hydrogen-bond acceptors (Lipinski definition) is 6. The van der Waals surface area contributed by atoms with E-state index in [0.29, 0.717) is 57.0 Å². The van der Waals surface area contributed by atoms with Gasteiger partial charge in [0, 0.05) is 49.6 Å². The molecule has 9 nitrogen and oxygen atoms in total. The van der Waals surface area contributed by atoms with Gasteiger partial charge in [-0.05, 0) is 6.07 Å². The van der Waals surface area contributed by atoms with Crippen molar-refractivity contribution in [2.75, 3.05) is 26.2 Å². The average Bonchev–Trinajstić information content (AvgIpc) is 2.88. The number of hydrazine groups is 1. The minimum atomic E-state index is -0.128. The monoisotopic (exact) mass is 319 g/mol. The minimum Gasteiger partial charge on any atom is -0.399 e. The quantitative estimate of drug-likeness (QED) is 0.349. The van der Waals surface area contributed by atoms with E-state index in [-0.39, 0.29) is 5.91 Å².